The molecule has 13 rings (SSSR count). The molecule has 0 fully saturated rings. The quantitative estimate of drug-likeness (QED) is 0.153. The van der Waals surface area contributed by atoms with E-state index in [2.05, 4.69) is 216 Å². The van der Waals surface area contributed by atoms with Gasteiger partial charge >= 0.3 is 0 Å². The highest BCUT2D eigenvalue weighted by molar-refractivity contribution is 6.11. The first-order chi connectivity index (χ1) is 32.2. The standard InChI is InChI=1S/C61H40N2O2/c1-2-11-48(12-3-1)63-56-18-7-4-13-50(56)54-37-44(29-35-57(54)63)41-23-21-40(22-24-41)39-62(46-31-25-42(26-32-46)45-30-36-60-55(38-45)52-15-6-8-19-58(52)64-60)47-33-27-43(28-34-47)49-16-10-17-53-51-14-5-9-20-59(51)65-61(49)53/h1-38H,39H2. The van der Waals surface area contributed by atoms with E-state index in [1.165, 1.54) is 38.5 Å². The second-order valence-electron chi connectivity index (χ2n) is 16.9. The molecule has 0 spiro atoms. The zero-order chi connectivity index (χ0) is 42.8. The Hall–Kier alpha value is -8.60. The average Bonchev–Trinajstić information content (AvgIpc) is 4.06. The number of rotatable bonds is 8. The summed E-state index contributed by atoms with van der Waals surface area (Å²) in [5, 5.41) is 7.03. The van der Waals surface area contributed by atoms with Gasteiger partial charge in [-0.1, -0.05) is 152 Å². The molecule has 0 N–H and O–H groups in total. The Bertz CT molecular complexity index is 3890. The van der Waals surface area contributed by atoms with Gasteiger partial charge in [-0.05, 0) is 112 Å². The Morgan fingerprint density at radius 2 is 0.862 bits per heavy atom. The lowest BCUT2D eigenvalue weighted by molar-refractivity contribution is 0.669. The summed E-state index contributed by atoms with van der Waals surface area (Å²) in [5.41, 5.74) is 17.5. The Balaban J connectivity index is 0.852. The van der Waals surface area contributed by atoms with Gasteiger partial charge in [0.2, 0.25) is 0 Å². The molecule has 13 aromatic rings. The van der Waals surface area contributed by atoms with Crippen LogP contribution in [0.4, 0.5) is 11.4 Å². The van der Waals surface area contributed by atoms with Gasteiger partial charge in [0.05, 0.1) is 11.0 Å². The Kier molecular flexibility index (Phi) is 8.56. The first kappa shape index (κ1) is 37.0. The summed E-state index contributed by atoms with van der Waals surface area (Å²) >= 11 is 0. The molecule has 10 aromatic carbocycles. The van der Waals surface area contributed by atoms with Crippen molar-refractivity contribution in [3.8, 4) is 39.1 Å². The largest absolute Gasteiger partial charge is 0.456 e. The average molecular weight is 833 g/mol. The molecule has 0 radical (unpaired) electrons. The molecule has 0 unspecified atom stereocenters. The number of furan rings is 2. The highest BCUT2D eigenvalue weighted by atomic mass is 16.3. The Morgan fingerprint density at radius 1 is 0.338 bits per heavy atom. The molecule has 3 heterocycles. The van der Waals surface area contributed by atoms with Gasteiger partial charge in [0, 0.05) is 61.5 Å². The van der Waals surface area contributed by atoms with Crippen molar-refractivity contribution >= 4 is 77.1 Å². The molecule has 0 atom stereocenters. The minimum atomic E-state index is 0.689. The van der Waals surface area contributed by atoms with Gasteiger partial charge in [-0.2, -0.15) is 0 Å². The number of hydrogen-bond donors (Lipinski definition) is 0. The lowest BCUT2D eigenvalue weighted by Crippen LogP contribution is -2.16. The molecule has 0 saturated heterocycles. The molecular weight excluding hydrogens is 793 g/mol. The monoisotopic (exact) mass is 832 g/mol. The van der Waals surface area contributed by atoms with E-state index in [9.17, 15) is 0 Å². The molecule has 0 bridgehead atoms. The van der Waals surface area contributed by atoms with E-state index < -0.39 is 0 Å². The van der Waals surface area contributed by atoms with E-state index in [0.29, 0.717) is 6.54 Å². The van der Waals surface area contributed by atoms with Crippen LogP contribution < -0.4 is 4.90 Å². The third kappa shape index (κ3) is 6.30. The molecule has 3 aromatic heterocycles. The van der Waals surface area contributed by atoms with Crippen molar-refractivity contribution in [2.45, 2.75) is 6.54 Å². The van der Waals surface area contributed by atoms with Crippen LogP contribution in [0.5, 0.6) is 0 Å². The lowest BCUT2D eigenvalue weighted by Gasteiger charge is -2.26. The molecule has 0 aliphatic rings. The van der Waals surface area contributed by atoms with Gasteiger partial charge in [0.25, 0.3) is 0 Å². The van der Waals surface area contributed by atoms with E-state index >= 15 is 0 Å². The minimum absolute atomic E-state index is 0.689. The topological polar surface area (TPSA) is 34.5 Å². The first-order valence-electron chi connectivity index (χ1n) is 22.2. The summed E-state index contributed by atoms with van der Waals surface area (Å²) in [7, 11) is 0. The number of nitrogens with zero attached hydrogens (tertiary/aromatic N) is 2. The second-order valence-corrected chi connectivity index (χ2v) is 16.9. The Labute approximate surface area is 375 Å². The highest BCUT2D eigenvalue weighted by Gasteiger charge is 2.17. The number of fused-ring (bicyclic) bond motifs is 9. The van der Waals surface area contributed by atoms with Crippen LogP contribution in [-0.4, -0.2) is 4.57 Å². The van der Waals surface area contributed by atoms with Gasteiger partial charge < -0.3 is 18.3 Å². The van der Waals surface area contributed by atoms with Crippen LogP contribution in [0.25, 0.3) is 105 Å². The lowest BCUT2D eigenvalue weighted by atomic mass is 10.00. The van der Waals surface area contributed by atoms with Crippen molar-refractivity contribution in [1.82, 2.24) is 4.57 Å². The third-order valence-electron chi connectivity index (χ3n) is 13.1. The number of benzene rings is 10. The zero-order valence-corrected chi connectivity index (χ0v) is 35.4. The van der Waals surface area contributed by atoms with Crippen LogP contribution in [0.1, 0.15) is 5.56 Å². The molecule has 0 amide bonds. The summed E-state index contributed by atoms with van der Waals surface area (Å²) in [6, 6.07) is 82.6. The number of anilines is 2. The van der Waals surface area contributed by atoms with E-state index in [0.717, 1.165) is 83.2 Å². The van der Waals surface area contributed by atoms with Gasteiger partial charge in [-0.3, -0.25) is 0 Å². The second kappa shape index (κ2) is 15.0. The Morgan fingerprint density at radius 3 is 1.60 bits per heavy atom. The summed E-state index contributed by atoms with van der Waals surface area (Å²) < 4.78 is 14.9. The minimum Gasteiger partial charge on any atom is -0.456 e. The summed E-state index contributed by atoms with van der Waals surface area (Å²) in [4.78, 5) is 2.40. The fourth-order valence-electron chi connectivity index (χ4n) is 9.86. The normalized spacial score (nSPS) is 11.8. The maximum Gasteiger partial charge on any atom is 0.143 e. The summed E-state index contributed by atoms with van der Waals surface area (Å²) in [5.74, 6) is 0. The molecule has 65 heavy (non-hydrogen) atoms. The molecule has 0 aliphatic carbocycles. The van der Waals surface area contributed by atoms with Crippen molar-refractivity contribution in [2.75, 3.05) is 4.90 Å². The van der Waals surface area contributed by atoms with E-state index in [1.807, 2.05) is 24.3 Å². The van der Waals surface area contributed by atoms with Crippen molar-refractivity contribution in [1.29, 1.82) is 0 Å². The van der Waals surface area contributed by atoms with Crippen molar-refractivity contribution in [2.24, 2.45) is 0 Å². The number of aromatic nitrogens is 1. The molecule has 306 valence electrons. The SMILES string of the molecule is c1ccc(-n2c3ccccc3c3cc(-c4ccc(CN(c5ccc(-c6ccc7oc8ccccc8c7c6)cc5)c5ccc(-c6cccc7c6oc6ccccc67)cc5)cc4)ccc32)cc1. The maximum atomic E-state index is 6.44. The fraction of sp³-hybridized carbons (Fsp3) is 0.0164. The van der Waals surface area contributed by atoms with Crippen molar-refractivity contribution < 1.29 is 8.83 Å². The predicted molar refractivity (Wildman–Crippen MR) is 270 cm³/mol. The molecule has 4 nitrogen and oxygen atoms in total. The van der Waals surface area contributed by atoms with Crippen molar-refractivity contribution in [3.63, 3.8) is 0 Å². The maximum absolute atomic E-state index is 6.44. The van der Waals surface area contributed by atoms with E-state index in [-0.39, 0.29) is 0 Å². The first-order valence-corrected chi connectivity index (χ1v) is 22.2. The van der Waals surface area contributed by atoms with Crippen LogP contribution in [0, 0.1) is 0 Å². The van der Waals surface area contributed by atoms with Gasteiger partial charge in [-0.25, -0.2) is 0 Å². The molecule has 4 heteroatoms. The smallest absolute Gasteiger partial charge is 0.143 e. The highest BCUT2D eigenvalue weighted by Crippen LogP contribution is 2.40. The van der Waals surface area contributed by atoms with Gasteiger partial charge in [0.1, 0.15) is 22.3 Å². The van der Waals surface area contributed by atoms with Crippen LogP contribution in [0.15, 0.2) is 239 Å². The summed E-state index contributed by atoms with van der Waals surface area (Å²) in [6.07, 6.45) is 0. The zero-order valence-electron chi connectivity index (χ0n) is 35.4. The number of para-hydroxylation sites is 5. The molecule has 0 aliphatic heterocycles. The fourth-order valence-corrected chi connectivity index (χ4v) is 9.86. The predicted octanol–water partition coefficient (Wildman–Crippen LogP) is 16.9. The molecular formula is C61H40N2O2. The van der Waals surface area contributed by atoms with E-state index in [4.69, 9.17) is 8.83 Å². The number of hydrogen-bond acceptors (Lipinski definition) is 3. The summed E-state index contributed by atoms with van der Waals surface area (Å²) in [6.45, 7) is 0.689. The van der Waals surface area contributed by atoms with Gasteiger partial charge in [0.15, 0.2) is 0 Å². The van der Waals surface area contributed by atoms with Crippen LogP contribution in [0.3, 0.4) is 0 Å². The van der Waals surface area contributed by atoms with Crippen molar-refractivity contribution in [3.05, 3.63) is 236 Å². The van der Waals surface area contributed by atoms with Crippen LogP contribution >= 0.6 is 0 Å². The molecule has 0 saturated carbocycles. The van der Waals surface area contributed by atoms with E-state index in [1.54, 1.807) is 0 Å². The van der Waals surface area contributed by atoms with Crippen LogP contribution in [0.2, 0.25) is 0 Å². The van der Waals surface area contributed by atoms with Crippen LogP contribution in [-0.2, 0) is 6.54 Å². The third-order valence-corrected chi connectivity index (χ3v) is 13.1. The van der Waals surface area contributed by atoms with Gasteiger partial charge in [-0.15, -0.1) is 0 Å².